The molecule has 0 aliphatic heterocycles. The van der Waals surface area contributed by atoms with Gasteiger partial charge in [0.05, 0.1) is 18.8 Å². The highest BCUT2D eigenvalue weighted by atomic mass is 16.5. The normalized spacial score (nSPS) is 27.0. The molecule has 3 aliphatic rings. The third-order valence-corrected chi connectivity index (χ3v) is 10.3. The van der Waals surface area contributed by atoms with Crippen LogP contribution in [0.3, 0.4) is 0 Å². The lowest BCUT2D eigenvalue weighted by atomic mass is 9.76. The molecule has 6 rings (SSSR count). The van der Waals surface area contributed by atoms with Gasteiger partial charge in [0.1, 0.15) is 5.82 Å². The molecule has 0 unspecified atom stereocenters. The number of phenolic OH excluding ortho intramolecular Hbond substituents is 1. The van der Waals surface area contributed by atoms with E-state index >= 15 is 0 Å². The number of nitrogens with zero attached hydrogens (tertiary/aromatic N) is 1. The van der Waals surface area contributed by atoms with Gasteiger partial charge in [-0.1, -0.05) is 43.3 Å². The number of anilines is 1. The van der Waals surface area contributed by atoms with Crippen LogP contribution in [-0.4, -0.2) is 44.1 Å². The van der Waals surface area contributed by atoms with E-state index in [1.807, 2.05) is 36.5 Å². The number of phenols is 1. The van der Waals surface area contributed by atoms with Crippen molar-refractivity contribution in [3.63, 3.8) is 0 Å². The summed E-state index contributed by atoms with van der Waals surface area (Å²) in [6.07, 6.45) is 13.2. The minimum Gasteiger partial charge on any atom is -0.504 e. The Bertz CT molecular complexity index is 1540. The summed E-state index contributed by atoms with van der Waals surface area (Å²) in [6, 6.07) is 11.8. The molecule has 45 heavy (non-hydrogen) atoms. The van der Waals surface area contributed by atoms with Gasteiger partial charge in [0.15, 0.2) is 11.5 Å². The van der Waals surface area contributed by atoms with Gasteiger partial charge in [-0.25, -0.2) is 4.98 Å². The standard InChI is InChI=1S/C38H47N3O4/c1-2-24-6-3-4-8-33(42)38-29(10-9-24)18-27-11-12-28-20-34(43)36(23-32(28)31(27)22-35(38)44)45-17-14-26(19-30-7-5-15-40-30)25-13-16-41-37(39)21-25/h5,7,13,15-16,18,20-21,23-24,26,29,31,33,35,38,40,42-44H,2-4,6,8,11-12,14,17,19,22H2,1H3,(H2,39,41)/t24-,26-,29+,31-,33+,35-,38-/m1/s1. The van der Waals surface area contributed by atoms with Crippen LogP contribution in [-0.2, 0) is 12.8 Å². The lowest BCUT2D eigenvalue weighted by Gasteiger charge is -2.32. The van der Waals surface area contributed by atoms with Crippen molar-refractivity contribution in [2.24, 2.45) is 17.8 Å². The van der Waals surface area contributed by atoms with Crippen LogP contribution in [0.4, 0.5) is 5.82 Å². The van der Waals surface area contributed by atoms with E-state index in [0.29, 0.717) is 36.9 Å². The summed E-state index contributed by atoms with van der Waals surface area (Å²) in [5, 5.41) is 33.9. The molecule has 0 fully saturated rings. The van der Waals surface area contributed by atoms with E-state index in [1.54, 1.807) is 6.20 Å². The summed E-state index contributed by atoms with van der Waals surface area (Å²) in [4.78, 5) is 7.46. The molecule has 3 aromatic rings. The molecule has 0 spiro atoms. The number of benzene rings is 1. The number of nitrogen functional groups attached to an aromatic ring is 1. The van der Waals surface area contributed by atoms with Crippen molar-refractivity contribution in [2.45, 2.75) is 95.2 Å². The Morgan fingerprint density at radius 1 is 1.09 bits per heavy atom. The van der Waals surface area contributed by atoms with Gasteiger partial charge in [-0.05, 0) is 110 Å². The molecule has 7 atom stereocenters. The maximum atomic E-state index is 11.6. The zero-order valence-corrected chi connectivity index (χ0v) is 26.3. The lowest BCUT2D eigenvalue weighted by Crippen LogP contribution is -2.37. The molecule has 0 radical (unpaired) electrons. The van der Waals surface area contributed by atoms with Gasteiger partial charge < -0.3 is 30.8 Å². The lowest BCUT2D eigenvalue weighted by molar-refractivity contribution is -0.00724. The van der Waals surface area contributed by atoms with E-state index < -0.39 is 12.2 Å². The number of hydrogen-bond acceptors (Lipinski definition) is 6. The second-order valence-electron chi connectivity index (χ2n) is 13.2. The second kappa shape index (κ2) is 14.1. The summed E-state index contributed by atoms with van der Waals surface area (Å²) in [5.41, 5.74) is 11.7. The SMILES string of the molecule is CC[C@H]1C#C[C@H]2C=C3CCc4cc(O)c(OCC[C@H](Cc5ccc[nH]5)c5ccnc(N)c5)cc4[C@@H]3C[C@@H](O)[C@H]2[C@@H](O)CCCC1. The molecule has 7 nitrogen and oxygen atoms in total. The molecule has 2 heterocycles. The molecule has 6 N–H and O–H groups in total. The topological polar surface area (TPSA) is 125 Å². The van der Waals surface area contributed by atoms with Crippen LogP contribution in [0.15, 0.2) is 60.4 Å². The van der Waals surface area contributed by atoms with Crippen LogP contribution in [0.25, 0.3) is 0 Å². The average molecular weight is 610 g/mol. The number of aromatic amines is 1. The smallest absolute Gasteiger partial charge is 0.161 e. The molecule has 0 saturated carbocycles. The maximum Gasteiger partial charge on any atom is 0.161 e. The number of pyridine rings is 1. The van der Waals surface area contributed by atoms with E-state index in [-0.39, 0.29) is 29.4 Å². The molecule has 1 aromatic carbocycles. The minimum absolute atomic E-state index is 0.000667. The van der Waals surface area contributed by atoms with Crippen LogP contribution in [0.5, 0.6) is 11.5 Å². The molecule has 2 aromatic heterocycles. The van der Waals surface area contributed by atoms with Crippen molar-refractivity contribution < 1.29 is 20.1 Å². The fourth-order valence-corrected chi connectivity index (χ4v) is 7.73. The van der Waals surface area contributed by atoms with E-state index in [2.05, 4.69) is 40.9 Å². The number of H-pyrrole nitrogens is 1. The third-order valence-electron chi connectivity index (χ3n) is 10.3. The van der Waals surface area contributed by atoms with Crippen molar-refractivity contribution in [2.75, 3.05) is 12.3 Å². The number of nitrogens with two attached hydrogens (primary N) is 1. The summed E-state index contributed by atoms with van der Waals surface area (Å²) in [5.74, 6) is 8.18. The molecule has 0 saturated heterocycles. The predicted octanol–water partition coefficient (Wildman–Crippen LogP) is 6.41. The average Bonchev–Trinajstić information content (AvgIpc) is 3.49. The van der Waals surface area contributed by atoms with E-state index in [9.17, 15) is 15.3 Å². The molecule has 238 valence electrons. The Morgan fingerprint density at radius 2 is 1.96 bits per heavy atom. The summed E-state index contributed by atoms with van der Waals surface area (Å²) >= 11 is 0. The van der Waals surface area contributed by atoms with E-state index in [4.69, 9.17) is 10.5 Å². The van der Waals surface area contributed by atoms with Crippen LogP contribution >= 0.6 is 0 Å². The first-order chi connectivity index (χ1) is 21.9. The molecular weight excluding hydrogens is 562 g/mol. The zero-order chi connectivity index (χ0) is 31.3. The number of allylic oxidation sites excluding steroid dienone is 2. The van der Waals surface area contributed by atoms with Gasteiger partial charge >= 0.3 is 0 Å². The van der Waals surface area contributed by atoms with Crippen molar-refractivity contribution >= 4 is 5.82 Å². The largest absolute Gasteiger partial charge is 0.504 e. The number of aryl methyl sites for hydroxylation is 1. The number of fused-ring (bicyclic) bond motifs is 4. The first-order valence-corrected chi connectivity index (χ1v) is 16.8. The maximum absolute atomic E-state index is 11.6. The first kappa shape index (κ1) is 31.3. The number of nitrogens with one attached hydrogen (secondary N) is 1. The molecule has 7 heteroatoms. The summed E-state index contributed by atoms with van der Waals surface area (Å²) < 4.78 is 6.29. The summed E-state index contributed by atoms with van der Waals surface area (Å²) in [7, 11) is 0. The number of ether oxygens (including phenoxy) is 1. The first-order valence-electron chi connectivity index (χ1n) is 16.8. The van der Waals surface area contributed by atoms with E-state index in [0.717, 1.165) is 73.8 Å². The highest BCUT2D eigenvalue weighted by molar-refractivity contribution is 5.52. The van der Waals surface area contributed by atoms with Gasteiger partial charge in [-0.3, -0.25) is 0 Å². The predicted molar refractivity (Wildman–Crippen MR) is 177 cm³/mol. The number of aromatic hydroxyl groups is 1. The number of aliphatic hydroxyl groups excluding tert-OH is 2. The monoisotopic (exact) mass is 609 g/mol. The Hall–Kier alpha value is -3.73. The van der Waals surface area contributed by atoms with E-state index in [1.165, 1.54) is 5.57 Å². The molecule has 3 aliphatic carbocycles. The van der Waals surface area contributed by atoms with Crippen LogP contribution in [0.2, 0.25) is 0 Å². The Morgan fingerprint density at radius 3 is 2.76 bits per heavy atom. The fourth-order valence-electron chi connectivity index (χ4n) is 7.73. The molecule has 0 amide bonds. The van der Waals surface area contributed by atoms with Crippen LogP contribution in [0, 0.1) is 29.6 Å². The van der Waals surface area contributed by atoms with Crippen molar-refractivity contribution in [1.29, 1.82) is 0 Å². The van der Waals surface area contributed by atoms with Crippen molar-refractivity contribution in [3.05, 3.63) is 82.8 Å². The van der Waals surface area contributed by atoms with Crippen LogP contribution in [0.1, 0.15) is 92.5 Å². The second-order valence-corrected chi connectivity index (χ2v) is 13.2. The molecule has 0 bridgehead atoms. The van der Waals surface area contributed by atoms with Gasteiger partial charge in [-0.15, -0.1) is 0 Å². The number of hydrogen-bond donors (Lipinski definition) is 5. The van der Waals surface area contributed by atoms with Gasteiger partial charge in [-0.2, -0.15) is 0 Å². The van der Waals surface area contributed by atoms with Crippen LogP contribution < -0.4 is 10.5 Å². The number of aromatic nitrogens is 2. The molecular formula is C38H47N3O4. The van der Waals surface area contributed by atoms with Gasteiger partial charge in [0.2, 0.25) is 0 Å². The Kier molecular flexibility index (Phi) is 9.82. The van der Waals surface area contributed by atoms with Crippen molar-refractivity contribution in [1.82, 2.24) is 9.97 Å². The van der Waals surface area contributed by atoms with Gasteiger partial charge in [0, 0.05) is 41.8 Å². The minimum atomic E-state index is -0.678. The quantitative estimate of drug-likeness (QED) is 0.149. The Labute approximate surface area is 266 Å². The van der Waals surface area contributed by atoms with Crippen molar-refractivity contribution in [3.8, 4) is 23.3 Å². The highest BCUT2D eigenvalue weighted by Crippen LogP contribution is 2.47. The summed E-state index contributed by atoms with van der Waals surface area (Å²) in [6.45, 7) is 2.61. The third kappa shape index (κ3) is 7.24. The fraction of sp³-hybridized carbons (Fsp3) is 0.500. The van der Waals surface area contributed by atoms with Gasteiger partial charge in [0.25, 0.3) is 0 Å². The number of rotatable bonds is 8. The number of aliphatic hydroxyl groups is 2. The highest BCUT2D eigenvalue weighted by Gasteiger charge is 2.40. The zero-order valence-electron chi connectivity index (χ0n) is 26.3. The Balaban J connectivity index is 1.23.